The summed E-state index contributed by atoms with van der Waals surface area (Å²) in [6.07, 6.45) is 0.919. The molecule has 0 amide bonds. The quantitative estimate of drug-likeness (QED) is 0.913. The maximum atomic E-state index is 13.0. The van der Waals surface area contributed by atoms with Gasteiger partial charge in [0.2, 0.25) is 0 Å². The van der Waals surface area contributed by atoms with Gasteiger partial charge in [0, 0.05) is 25.7 Å². The first-order valence-corrected chi connectivity index (χ1v) is 8.50. The van der Waals surface area contributed by atoms with Gasteiger partial charge in [0.25, 0.3) is 0 Å². The molecule has 2 saturated heterocycles. The molecule has 0 bridgehead atoms. The largest absolute Gasteiger partial charge is 0.394 e. The van der Waals surface area contributed by atoms with Crippen molar-refractivity contribution in [3.63, 3.8) is 0 Å². The second-order valence-electron chi connectivity index (χ2n) is 6.59. The van der Waals surface area contributed by atoms with E-state index < -0.39 is 12.1 Å². The molecule has 0 unspecified atom stereocenters. The molecule has 1 N–H and O–H groups in total. The van der Waals surface area contributed by atoms with E-state index in [-0.39, 0.29) is 25.6 Å². The lowest BCUT2D eigenvalue weighted by atomic mass is 9.97. The SMILES string of the molecule is OC[C@H]1CCCCN1c1cc(N2CCC[C@@H](C(F)(F)F)C2)ncn1. The molecule has 3 rings (SSSR count). The minimum atomic E-state index is -4.16. The standard InChI is InChI=1S/C16H23F3N4O/c17-16(18,19)12-4-3-6-22(9-12)14-8-15(21-11-20-14)23-7-2-1-5-13(23)10-24/h8,11-13,24H,1-7,9-10H2/t12-,13-/m1/s1. The van der Waals surface area contributed by atoms with Gasteiger partial charge in [-0.2, -0.15) is 13.2 Å². The Labute approximate surface area is 139 Å². The van der Waals surface area contributed by atoms with Crippen LogP contribution in [0.5, 0.6) is 0 Å². The molecule has 8 heteroatoms. The third kappa shape index (κ3) is 3.74. The zero-order valence-electron chi connectivity index (χ0n) is 13.5. The van der Waals surface area contributed by atoms with E-state index in [9.17, 15) is 18.3 Å². The van der Waals surface area contributed by atoms with Crippen LogP contribution >= 0.6 is 0 Å². The van der Waals surface area contributed by atoms with Crippen molar-refractivity contribution in [2.75, 3.05) is 36.0 Å². The van der Waals surface area contributed by atoms with Crippen LogP contribution in [0.4, 0.5) is 24.8 Å². The summed E-state index contributed by atoms with van der Waals surface area (Å²) >= 11 is 0. The first kappa shape index (κ1) is 17.3. The van der Waals surface area contributed by atoms with Crippen molar-refractivity contribution in [1.82, 2.24) is 9.97 Å². The fourth-order valence-electron chi connectivity index (χ4n) is 3.61. The molecule has 5 nitrogen and oxygen atoms in total. The van der Waals surface area contributed by atoms with Crippen molar-refractivity contribution in [2.24, 2.45) is 5.92 Å². The number of rotatable bonds is 3. The molecule has 1 aromatic heterocycles. The third-order valence-electron chi connectivity index (χ3n) is 4.98. The summed E-state index contributed by atoms with van der Waals surface area (Å²) in [7, 11) is 0. The van der Waals surface area contributed by atoms with E-state index in [4.69, 9.17) is 0 Å². The number of anilines is 2. The van der Waals surface area contributed by atoms with Gasteiger partial charge in [0.1, 0.15) is 18.0 Å². The highest BCUT2D eigenvalue weighted by molar-refractivity contribution is 5.51. The van der Waals surface area contributed by atoms with Crippen molar-refractivity contribution in [3.8, 4) is 0 Å². The summed E-state index contributed by atoms with van der Waals surface area (Å²) in [6, 6.07) is 1.78. The maximum absolute atomic E-state index is 13.0. The van der Waals surface area contributed by atoms with Gasteiger partial charge in [-0.1, -0.05) is 0 Å². The maximum Gasteiger partial charge on any atom is 0.393 e. The molecular weight excluding hydrogens is 321 g/mol. The highest BCUT2D eigenvalue weighted by Gasteiger charge is 2.42. The van der Waals surface area contributed by atoms with Gasteiger partial charge in [-0.3, -0.25) is 0 Å². The minimum absolute atomic E-state index is 0.0192. The van der Waals surface area contributed by atoms with E-state index in [1.54, 1.807) is 11.0 Å². The predicted octanol–water partition coefficient (Wildman–Crippen LogP) is 2.61. The van der Waals surface area contributed by atoms with Gasteiger partial charge in [0.05, 0.1) is 18.6 Å². The molecule has 0 aromatic carbocycles. The Hall–Kier alpha value is -1.57. The first-order valence-electron chi connectivity index (χ1n) is 8.50. The molecule has 3 heterocycles. The lowest BCUT2D eigenvalue weighted by Gasteiger charge is -2.37. The molecule has 2 aliphatic heterocycles. The average molecular weight is 344 g/mol. The third-order valence-corrected chi connectivity index (χ3v) is 4.98. The number of halogens is 3. The number of piperidine rings is 2. The van der Waals surface area contributed by atoms with E-state index in [2.05, 4.69) is 9.97 Å². The van der Waals surface area contributed by atoms with E-state index in [0.29, 0.717) is 24.6 Å². The van der Waals surface area contributed by atoms with Crippen molar-refractivity contribution in [2.45, 2.75) is 44.3 Å². The summed E-state index contributed by atoms with van der Waals surface area (Å²) < 4.78 is 39.0. The Morgan fingerprint density at radius 3 is 2.62 bits per heavy atom. The molecule has 2 atom stereocenters. The van der Waals surface area contributed by atoms with Gasteiger partial charge >= 0.3 is 6.18 Å². The Morgan fingerprint density at radius 1 is 1.08 bits per heavy atom. The Morgan fingerprint density at radius 2 is 1.88 bits per heavy atom. The monoisotopic (exact) mass is 344 g/mol. The molecular formula is C16H23F3N4O. The summed E-state index contributed by atoms with van der Waals surface area (Å²) in [6.45, 7) is 1.38. The summed E-state index contributed by atoms with van der Waals surface area (Å²) in [5, 5.41) is 9.54. The van der Waals surface area contributed by atoms with Crippen LogP contribution in [0, 0.1) is 5.92 Å². The van der Waals surface area contributed by atoms with E-state index in [1.165, 1.54) is 6.33 Å². The number of aliphatic hydroxyl groups excluding tert-OH is 1. The molecule has 0 radical (unpaired) electrons. The van der Waals surface area contributed by atoms with Crippen LogP contribution in [0.3, 0.4) is 0 Å². The van der Waals surface area contributed by atoms with Crippen molar-refractivity contribution < 1.29 is 18.3 Å². The lowest BCUT2D eigenvalue weighted by Crippen LogP contribution is -2.43. The summed E-state index contributed by atoms with van der Waals surface area (Å²) in [4.78, 5) is 12.2. The van der Waals surface area contributed by atoms with Crippen LogP contribution in [0.2, 0.25) is 0 Å². The Bertz CT molecular complexity index is 554. The number of aromatic nitrogens is 2. The van der Waals surface area contributed by atoms with E-state index >= 15 is 0 Å². The minimum Gasteiger partial charge on any atom is -0.394 e. The molecule has 1 aromatic rings. The second-order valence-corrected chi connectivity index (χ2v) is 6.59. The van der Waals surface area contributed by atoms with Crippen LogP contribution < -0.4 is 9.80 Å². The van der Waals surface area contributed by atoms with Crippen LogP contribution in [0.1, 0.15) is 32.1 Å². The molecule has 0 saturated carbocycles. The van der Waals surface area contributed by atoms with Crippen LogP contribution in [-0.2, 0) is 0 Å². The van der Waals surface area contributed by atoms with Gasteiger partial charge in [-0.05, 0) is 32.1 Å². The van der Waals surface area contributed by atoms with Gasteiger partial charge in [-0.15, -0.1) is 0 Å². The highest BCUT2D eigenvalue weighted by atomic mass is 19.4. The van der Waals surface area contributed by atoms with Crippen molar-refractivity contribution in [3.05, 3.63) is 12.4 Å². The molecule has 2 fully saturated rings. The van der Waals surface area contributed by atoms with Crippen LogP contribution in [-0.4, -0.2) is 53.5 Å². The van der Waals surface area contributed by atoms with Gasteiger partial charge < -0.3 is 14.9 Å². The second kappa shape index (κ2) is 7.13. The zero-order valence-corrected chi connectivity index (χ0v) is 13.5. The Balaban J connectivity index is 1.77. The number of hydrogen-bond donors (Lipinski definition) is 1. The predicted molar refractivity (Wildman–Crippen MR) is 85.1 cm³/mol. The van der Waals surface area contributed by atoms with Crippen LogP contribution in [0.25, 0.3) is 0 Å². The molecule has 0 aliphatic carbocycles. The summed E-state index contributed by atoms with van der Waals surface area (Å²) in [5.41, 5.74) is 0. The number of aliphatic hydroxyl groups is 1. The van der Waals surface area contributed by atoms with Gasteiger partial charge in [-0.25, -0.2) is 9.97 Å². The normalized spacial score (nSPS) is 25.8. The Kier molecular flexibility index (Phi) is 5.12. The topological polar surface area (TPSA) is 52.5 Å². The van der Waals surface area contributed by atoms with Crippen molar-refractivity contribution >= 4 is 11.6 Å². The number of alkyl halides is 3. The first-order chi connectivity index (χ1) is 11.5. The average Bonchev–Trinajstić information content (AvgIpc) is 2.61. The highest BCUT2D eigenvalue weighted by Crippen LogP contribution is 2.35. The fourth-order valence-corrected chi connectivity index (χ4v) is 3.61. The van der Waals surface area contributed by atoms with Crippen molar-refractivity contribution in [1.29, 1.82) is 0 Å². The fraction of sp³-hybridized carbons (Fsp3) is 0.750. The smallest absolute Gasteiger partial charge is 0.393 e. The van der Waals surface area contributed by atoms with Crippen LogP contribution in [0.15, 0.2) is 12.4 Å². The van der Waals surface area contributed by atoms with E-state index in [1.807, 2.05) is 4.90 Å². The molecule has 0 spiro atoms. The summed E-state index contributed by atoms with van der Waals surface area (Å²) in [5.74, 6) is -0.0751. The van der Waals surface area contributed by atoms with E-state index in [0.717, 1.165) is 25.8 Å². The molecule has 24 heavy (non-hydrogen) atoms. The molecule has 2 aliphatic rings. The number of nitrogens with zero attached hydrogens (tertiary/aromatic N) is 4. The number of hydrogen-bond acceptors (Lipinski definition) is 5. The molecule has 134 valence electrons. The van der Waals surface area contributed by atoms with Gasteiger partial charge in [0.15, 0.2) is 0 Å². The zero-order chi connectivity index (χ0) is 17.2. The lowest BCUT2D eigenvalue weighted by molar-refractivity contribution is -0.176.